The van der Waals surface area contributed by atoms with Crippen LogP contribution in [0.25, 0.3) is 0 Å². The van der Waals surface area contributed by atoms with Crippen LogP contribution in [-0.4, -0.2) is 31.2 Å². The number of hydrogen-bond donors (Lipinski definition) is 0. The Labute approximate surface area is 157 Å². The Hall–Kier alpha value is -0.783. The minimum absolute atomic E-state index is 0.0544. The molecule has 0 aromatic heterocycles. The molecule has 0 amide bonds. The molecule has 138 valence electrons. The molecule has 25 heavy (non-hydrogen) atoms. The quantitative estimate of drug-likeness (QED) is 0.518. The predicted octanol–water partition coefficient (Wildman–Crippen LogP) is 5.41. The maximum Gasteiger partial charge on any atom is 0.320 e. The van der Waals surface area contributed by atoms with Crippen molar-refractivity contribution in [3.8, 4) is 0 Å². The molecular weight excluding hydrogens is 348 g/mol. The van der Waals surface area contributed by atoms with Gasteiger partial charge in [-0.05, 0) is 49.5 Å². The van der Waals surface area contributed by atoms with Crippen LogP contribution >= 0.6 is 11.8 Å². The maximum absolute atomic E-state index is 12.6. The van der Waals surface area contributed by atoms with Gasteiger partial charge in [0.2, 0.25) is 0 Å². The smallest absolute Gasteiger partial charge is 0.320 e. The number of carbonyl (C=O) groups excluding carboxylic acids is 1. The molecule has 1 heterocycles. The van der Waals surface area contributed by atoms with Crippen molar-refractivity contribution in [1.82, 2.24) is 0 Å². The number of rotatable bonds is 4. The summed E-state index contributed by atoms with van der Waals surface area (Å²) in [5, 5.41) is 0.0448. The normalized spacial score (nSPS) is 30.0. The molecule has 1 aromatic rings. The number of carbonyl (C=O) groups is 1. The molecule has 3 rings (SSSR count). The van der Waals surface area contributed by atoms with Gasteiger partial charge in [0.15, 0.2) is 8.32 Å². The third-order valence-electron chi connectivity index (χ3n) is 6.02. The molecule has 3 atom stereocenters. The van der Waals surface area contributed by atoms with E-state index in [0.717, 1.165) is 30.6 Å². The number of benzene rings is 1. The SMILES string of the molecule is CC(C)(C)[Si](C)(C)O[C@H]1CCC[C@@]12C[C@@H](Sc1ccccc1)C(=O)O2. The zero-order chi connectivity index (χ0) is 18.3. The molecule has 5 heteroatoms. The molecule has 1 saturated heterocycles. The topological polar surface area (TPSA) is 35.5 Å². The number of ether oxygens (including phenoxy) is 1. The van der Waals surface area contributed by atoms with Gasteiger partial charge in [-0.2, -0.15) is 0 Å². The van der Waals surface area contributed by atoms with Crippen molar-refractivity contribution in [1.29, 1.82) is 0 Å². The molecule has 1 saturated carbocycles. The summed E-state index contributed by atoms with van der Waals surface area (Å²) < 4.78 is 12.7. The van der Waals surface area contributed by atoms with E-state index in [9.17, 15) is 4.79 Å². The van der Waals surface area contributed by atoms with Gasteiger partial charge in [0, 0.05) is 11.3 Å². The van der Waals surface area contributed by atoms with E-state index in [1.165, 1.54) is 0 Å². The van der Waals surface area contributed by atoms with Crippen molar-refractivity contribution in [2.24, 2.45) is 0 Å². The van der Waals surface area contributed by atoms with Gasteiger partial charge < -0.3 is 9.16 Å². The summed E-state index contributed by atoms with van der Waals surface area (Å²) in [4.78, 5) is 13.7. The summed E-state index contributed by atoms with van der Waals surface area (Å²) in [6.45, 7) is 11.3. The van der Waals surface area contributed by atoms with Crippen molar-refractivity contribution in [2.75, 3.05) is 0 Å². The molecule has 0 radical (unpaired) electrons. The first kappa shape index (κ1) is 19.0. The van der Waals surface area contributed by atoms with E-state index in [4.69, 9.17) is 9.16 Å². The molecule has 1 aliphatic carbocycles. The zero-order valence-electron chi connectivity index (χ0n) is 16.0. The minimum atomic E-state index is -1.88. The van der Waals surface area contributed by atoms with Gasteiger partial charge in [-0.3, -0.25) is 4.79 Å². The third kappa shape index (κ3) is 3.83. The summed E-state index contributed by atoms with van der Waals surface area (Å²) in [6, 6.07) is 10.1. The lowest BCUT2D eigenvalue weighted by Crippen LogP contribution is -2.50. The second-order valence-corrected chi connectivity index (χ2v) is 14.9. The fourth-order valence-corrected chi connectivity index (χ4v) is 6.07. The molecule has 1 aliphatic heterocycles. The van der Waals surface area contributed by atoms with E-state index in [1.807, 2.05) is 18.2 Å². The predicted molar refractivity (Wildman–Crippen MR) is 105 cm³/mol. The second kappa shape index (κ2) is 6.75. The van der Waals surface area contributed by atoms with E-state index in [0.29, 0.717) is 0 Å². The summed E-state index contributed by atoms with van der Waals surface area (Å²) in [5.41, 5.74) is -0.404. The van der Waals surface area contributed by atoms with Crippen LogP contribution in [0.2, 0.25) is 18.1 Å². The summed E-state index contributed by atoms with van der Waals surface area (Å²) in [5.74, 6) is -0.0698. The Morgan fingerprint density at radius 1 is 1.24 bits per heavy atom. The third-order valence-corrected chi connectivity index (χ3v) is 11.7. The first-order chi connectivity index (χ1) is 11.6. The van der Waals surface area contributed by atoms with E-state index >= 15 is 0 Å². The van der Waals surface area contributed by atoms with Crippen LogP contribution in [0.5, 0.6) is 0 Å². The van der Waals surface area contributed by atoms with E-state index in [2.05, 4.69) is 46.0 Å². The lowest BCUT2D eigenvalue weighted by molar-refractivity contribution is -0.154. The van der Waals surface area contributed by atoms with Crippen LogP contribution in [0.1, 0.15) is 46.5 Å². The van der Waals surface area contributed by atoms with Crippen LogP contribution in [0.15, 0.2) is 35.2 Å². The Bertz CT molecular complexity index is 626. The van der Waals surface area contributed by atoms with Crippen LogP contribution in [-0.2, 0) is 14.0 Å². The first-order valence-electron chi connectivity index (χ1n) is 9.25. The highest BCUT2D eigenvalue weighted by Crippen LogP contribution is 2.49. The molecule has 0 bridgehead atoms. The highest BCUT2D eigenvalue weighted by molar-refractivity contribution is 8.00. The largest absolute Gasteiger partial charge is 0.455 e. The number of esters is 1. The van der Waals surface area contributed by atoms with E-state index < -0.39 is 13.9 Å². The maximum atomic E-state index is 12.6. The van der Waals surface area contributed by atoms with Gasteiger partial charge in [-0.25, -0.2) is 0 Å². The van der Waals surface area contributed by atoms with Gasteiger partial charge in [-0.15, -0.1) is 11.8 Å². The molecule has 3 nitrogen and oxygen atoms in total. The van der Waals surface area contributed by atoms with Crippen LogP contribution in [0, 0.1) is 0 Å². The van der Waals surface area contributed by atoms with Gasteiger partial charge in [0.25, 0.3) is 0 Å². The molecule has 1 aromatic carbocycles. The van der Waals surface area contributed by atoms with Crippen molar-refractivity contribution in [2.45, 2.75) is 86.4 Å². The van der Waals surface area contributed by atoms with Gasteiger partial charge in [0.05, 0.1) is 6.10 Å². The van der Waals surface area contributed by atoms with Crippen molar-refractivity contribution in [3.63, 3.8) is 0 Å². The lowest BCUT2D eigenvalue weighted by atomic mass is 9.96. The molecule has 1 spiro atoms. The van der Waals surface area contributed by atoms with Crippen LogP contribution in [0.3, 0.4) is 0 Å². The molecule has 0 N–H and O–H groups in total. The highest BCUT2D eigenvalue weighted by atomic mass is 32.2. The molecular formula is C20H30O3SSi. The molecule has 2 aliphatic rings. The Kier molecular flexibility index (Phi) is 5.12. The standard InChI is InChI=1S/C20H30O3SSi/c1-19(2,3)25(4,5)23-17-12-9-13-20(17)14-16(18(21)22-20)24-15-10-7-6-8-11-15/h6-8,10-11,16-17H,9,12-14H2,1-5H3/t16-,17+,20-/m1/s1. The Morgan fingerprint density at radius 2 is 1.92 bits per heavy atom. The van der Waals surface area contributed by atoms with E-state index in [-0.39, 0.29) is 22.4 Å². The van der Waals surface area contributed by atoms with E-state index in [1.54, 1.807) is 11.8 Å². The zero-order valence-corrected chi connectivity index (χ0v) is 17.8. The fourth-order valence-electron chi connectivity index (χ4n) is 3.52. The molecule has 0 unspecified atom stereocenters. The summed E-state index contributed by atoms with van der Waals surface area (Å²) >= 11 is 1.63. The lowest BCUT2D eigenvalue weighted by Gasteiger charge is -2.42. The number of thioether (sulfide) groups is 1. The monoisotopic (exact) mass is 378 g/mol. The van der Waals surface area contributed by atoms with Crippen molar-refractivity contribution in [3.05, 3.63) is 30.3 Å². The van der Waals surface area contributed by atoms with Gasteiger partial charge in [0.1, 0.15) is 10.9 Å². The summed E-state index contributed by atoms with van der Waals surface area (Å²) in [6.07, 6.45) is 3.84. The summed E-state index contributed by atoms with van der Waals surface area (Å²) in [7, 11) is -1.88. The van der Waals surface area contributed by atoms with Crippen molar-refractivity contribution < 1.29 is 14.0 Å². The minimum Gasteiger partial charge on any atom is -0.455 e. The Morgan fingerprint density at radius 3 is 2.56 bits per heavy atom. The average Bonchev–Trinajstić information content (AvgIpc) is 3.03. The average molecular weight is 379 g/mol. The van der Waals surface area contributed by atoms with Crippen molar-refractivity contribution >= 4 is 26.0 Å². The molecule has 2 fully saturated rings. The highest BCUT2D eigenvalue weighted by Gasteiger charge is 2.56. The van der Waals surface area contributed by atoms with Crippen LogP contribution in [0.4, 0.5) is 0 Å². The number of hydrogen-bond acceptors (Lipinski definition) is 4. The first-order valence-corrected chi connectivity index (χ1v) is 13.0. The van der Waals surface area contributed by atoms with Crippen LogP contribution < -0.4 is 0 Å². The Balaban J connectivity index is 1.74. The van der Waals surface area contributed by atoms with Gasteiger partial charge >= 0.3 is 5.97 Å². The van der Waals surface area contributed by atoms with Gasteiger partial charge in [-0.1, -0.05) is 39.0 Å². The fraction of sp³-hybridized carbons (Fsp3) is 0.650. The second-order valence-electron chi connectivity index (χ2n) is 8.87.